The molecule has 3 rings (SSSR count). The van der Waals surface area contributed by atoms with Gasteiger partial charge in [0.2, 0.25) is 0 Å². The van der Waals surface area contributed by atoms with E-state index in [1.807, 2.05) is 18.2 Å². The number of furan rings is 1. The Labute approximate surface area is 191 Å². The van der Waals surface area contributed by atoms with Crippen molar-refractivity contribution >= 4 is 16.7 Å². The zero-order chi connectivity index (χ0) is 22.9. The minimum absolute atomic E-state index is 0.127. The average Bonchev–Trinajstić information content (AvgIpc) is 3.25. The van der Waals surface area contributed by atoms with Crippen LogP contribution in [0.25, 0.3) is 0 Å². The van der Waals surface area contributed by atoms with Gasteiger partial charge in [-0.15, -0.1) is 0 Å². The molecule has 1 aromatic heterocycles. The van der Waals surface area contributed by atoms with Crippen molar-refractivity contribution in [3.05, 3.63) is 89.6 Å². The van der Waals surface area contributed by atoms with Crippen molar-refractivity contribution in [1.82, 2.24) is 10.2 Å². The molecule has 1 atom stereocenters. The van der Waals surface area contributed by atoms with Crippen LogP contribution in [0.3, 0.4) is 0 Å². The summed E-state index contributed by atoms with van der Waals surface area (Å²) in [5, 5.41) is 2.88. The zero-order valence-corrected chi connectivity index (χ0v) is 19.2. The van der Waals surface area contributed by atoms with Gasteiger partial charge in [-0.3, -0.25) is 13.9 Å². The maximum atomic E-state index is 13.0. The molecule has 1 unspecified atom stereocenters. The van der Waals surface area contributed by atoms with E-state index in [0.29, 0.717) is 23.2 Å². The van der Waals surface area contributed by atoms with Crippen LogP contribution in [0.15, 0.2) is 76.0 Å². The maximum absolute atomic E-state index is 13.0. The summed E-state index contributed by atoms with van der Waals surface area (Å²) in [6, 6.07) is 19.5. The number of nitrogens with zero attached hydrogens (tertiary/aromatic N) is 1. The predicted octanol–water partition coefficient (Wildman–Crippen LogP) is 4.76. The standard InChI is InChI=1S/C25H29FN2O3S/c1-19(2)28(17-20-7-4-3-5-8-20)16-6-15-27-25(29)24-14-11-22(31-24)18-32(30)23-12-9-21(26)10-13-23/h3-5,7-14,19H,6,15-18H2,1-2H3,(H,27,29). The van der Waals surface area contributed by atoms with Crippen molar-refractivity contribution in [2.75, 3.05) is 13.1 Å². The average molecular weight is 457 g/mol. The molecule has 0 bridgehead atoms. The number of halogens is 1. The summed E-state index contributed by atoms with van der Waals surface area (Å²) in [6.45, 7) is 6.62. The largest absolute Gasteiger partial charge is 0.455 e. The van der Waals surface area contributed by atoms with E-state index in [0.717, 1.165) is 19.5 Å². The lowest BCUT2D eigenvalue weighted by atomic mass is 10.2. The molecule has 2 aromatic carbocycles. The SMILES string of the molecule is CC(C)N(CCCNC(=O)c1ccc(CS(=O)c2ccc(F)cc2)o1)Cc1ccccc1. The Bertz CT molecular complexity index is 1020. The van der Waals surface area contributed by atoms with Gasteiger partial charge in [-0.05, 0) is 62.2 Å². The Morgan fingerprint density at radius 3 is 2.47 bits per heavy atom. The van der Waals surface area contributed by atoms with Crippen molar-refractivity contribution in [2.24, 2.45) is 0 Å². The molecule has 0 aliphatic carbocycles. The second-order valence-corrected chi connectivity index (χ2v) is 9.32. The fourth-order valence-corrected chi connectivity index (χ4v) is 4.31. The molecule has 1 heterocycles. The molecule has 0 saturated carbocycles. The first kappa shape index (κ1) is 23.9. The fraction of sp³-hybridized carbons (Fsp3) is 0.320. The van der Waals surface area contributed by atoms with Crippen LogP contribution >= 0.6 is 0 Å². The van der Waals surface area contributed by atoms with E-state index in [4.69, 9.17) is 4.42 Å². The third-order valence-corrected chi connectivity index (χ3v) is 6.45. The first-order valence-corrected chi connectivity index (χ1v) is 12.0. The third-order valence-electron chi connectivity index (χ3n) is 5.10. The van der Waals surface area contributed by atoms with E-state index < -0.39 is 10.8 Å². The Morgan fingerprint density at radius 2 is 1.78 bits per heavy atom. The first-order chi connectivity index (χ1) is 15.4. The Morgan fingerprint density at radius 1 is 1.06 bits per heavy atom. The number of hydrogen-bond donors (Lipinski definition) is 1. The molecule has 0 aliphatic rings. The van der Waals surface area contributed by atoms with Crippen molar-refractivity contribution in [3.63, 3.8) is 0 Å². The summed E-state index contributed by atoms with van der Waals surface area (Å²) in [5.74, 6) is 0.108. The highest BCUT2D eigenvalue weighted by Gasteiger charge is 2.14. The zero-order valence-electron chi connectivity index (χ0n) is 18.4. The minimum Gasteiger partial charge on any atom is -0.455 e. The lowest BCUT2D eigenvalue weighted by Gasteiger charge is -2.26. The molecule has 0 aliphatic heterocycles. The van der Waals surface area contributed by atoms with E-state index in [2.05, 4.69) is 36.2 Å². The smallest absolute Gasteiger partial charge is 0.286 e. The molecule has 7 heteroatoms. The third kappa shape index (κ3) is 7.14. The maximum Gasteiger partial charge on any atom is 0.286 e. The molecular weight excluding hydrogens is 427 g/mol. The molecular formula is C25H29FN2O3S. The van der Waals surface area contributed by atoms with Gasteiger partial charge in [0.15, 0.2) is 5.76 Å². The Hall–Kier alpha value is -2.77. The topological polar surface area (TPSA) is 62.6 Å². The van der Waals surface area contributed by atoms with Crippen LogP contribution in [0.5, 0.6) is 0 Å². The highest BCUT2D eigenvalue weighted by Crippen LogP contribution is 2.16. The number of rotatable bonds is 11. The molecule has 0 radical (unpaired) electrons. The van der Waals surface area contributed by atoms with Crippen molar-refractivity contribution in [3.8, 4) is 0 Å². The Kier molecular flexibility index (Phi) is 8.76. The number of hydrogen-bond acceptors (Lipinski definition) is 4. The Balaban J connectivity index is 1.44. The van der Waals surface area contributed by atoms with Crippen molar-refractivity contribution in [2.45, 2.75) is 43.5 Å². The highest BCUT2D eigenvalue weighted by molar-refractivity contribution is 7.84. The number of carbonyl (C=O) groups excluding carboxylic acids is 1. The van der Waals surface area contributed by atoms with Crippen LogP contribution in [0.1, 0.15) is 42.1 Å². The second kappa shape index (κ2) is 11.7. The van der Waals surface area contributed by atoms with Gasteiger partial charge in [-0.1, -0.05) is 30.3 Å². The van der Waals surface area contributed by atoms with Gasteiger partial charge in [-0.2, -0.15) is 0 Å². The summed E-state index contributed by atoms with van der Waals surface area (Å²) >= 11 is 0. The second-order valence-electron chi connectivity index (χ2n) is 7.87. The normalized spacial score (nSPS) is 12.3. The van der Waals surface area contributed by atoms with Crippen LogP contribution < -0.4 is 5.32 Å². The monoisotopic (exact) mass is 456 g/mol. The summed E-state index contributed by atoms with van der Waals surface area (Å²) < 4.78 is 31.0. The predicted molar refractivity (Wildman–Crippen MR) is 124 cm³/mol. The summed E-state index contributed by atoms with van der Waals surface area (Å²) in [7, 11) is -1.37. The summed E-state index contributed by atoms with van der Waals surface area (Å²) in [4.78, 5) is 15.3. The number of benzene rings is 2. The van der Waals surface area contributed by atoms with Gasteiger partial charge in [0, 0.05) is 30.6 Å². The van der Waals surface area contributed by atoms with E-state index >= 15 is 0 Å². The molecule has 0 fully saturated rings. The molecule has 5 nitrogen and oxygen atoms in total. The van der Waals surface area contributed by atoms with Gasteiger partial charge < -0.3 is 9.73 Å². The molecule has 0 saturated heterocycles. The molecule has 32 heavy (non-hydrogen) atoms. The van der Waals surface area contributed by atoms with E-state index in [-0.39, 0.29) is 23.2 Å². The van der Waals surface area contributed by atoms with Crippen LogP contribution in [-0.4, -0.2) is 34.1 Å². The summed E-state index contributed by atoms with van der Waals surface area (Å²) in [5.41, 5.74) is 1.27. The van der Waals surface area contributed by atoms with E-state index in [1.165, 1.54) is 29.8 Å². The highest BCUT2D eigenvalue weighted by atomic mass is 32.2. The molecule has 3 aromatic rings. The fourth-order valence-electron chi connectivity index (χ4n) is 3.29. The van der Waals surface area contributed by atoms with Crippen molar-refractivity contribution < 1.29 is 17.8 Å². The lowest BCUT2D eigenvalue weighted by molar-refractivity contribution is 0.0921. The van der Waals surface area contributed by atoms with Crippen LogP contribution in [-0.2, 0) is 23.1 Å². The van der Waals surface area contributed by atoms with Gasteiger partial charge >= 0.3 is 0 Å². The number of nitrogens with one attached hydrogen (secondary N) is 1. The molecule has 1 N–H and O–H groups in total. The minimum atomic E-state index is -1.37. The van der Waals surface area contributed by atoms with Crippen molar-refractivity contribution in [1.29, 1.82) is 0 Å². The van der Waals surface area contributed by atoms with Gasteiger partial charge in [0.25, 0.3) is 5.91 Å². The quantitative estimate of drug-likeness (QED) is 0.423. The van der Waals surface area contributed by atoms with E-state index in [9.17, 15) is 13.4 Å². The summed E-state index contributed by atoms with van der Waals surface area (Å²) in [6.07, 6.45) is 0.818. The number of carbonyl (C=O) groups is 1. The number of amides is 1. The van der Waals surface area contributed by atoms with Gasteiger partial charge in [0.1, 0.15) is 11.6 Å². The molecule has 1 amide bonds. The van der Waals surface area contributed by atoms with E-state index in [1.54, 1.807) is 12.1 Å². The lowest BCUT2D eigenvalue weighted by Crippen LogP contribution is -2.34. The van der Waals surface area contributed by atoms with Gasteiger partial charge in [-0.25, -0.2) is 4.39 Å². The molecule has 0 spiro atoms. The first-order valence-electron chi connectivity index (χ1n) is 10.7. The van der Waals surface area contributed by atoms with Crippen LogP contribution in [0, 0.1) is 5.82 Å². The van der Waals surface area contributed by atoms with Gasteiger partial charge in [0.05, 0.1) is 16.6 Å². The van der Waals surface area contributed by atoms with Crippen LogP contribution in [0.2, 0.25) is 0 Å². The van der Waals surface area contributed by atoms with Crippen LogP contribution in [0.4, 0.5) is 4.39 Å². The molecule has 170 valence electrons.